The number of rotatable bonds is 5. The smallest absolute Gasteiger partial charge is 0.174 e. The Balaban J connectivity index is 2.16. The van der Waals surface area contributed by atoms with Gasteiger partial charge in [-0.1, -0.05) is 23.2 Å². The van der Waals surface area contributed by atoms with E-state index in [0.717, 1.165) is 5.56 Å². The minimum atomic E-state index is -0.0161. The Bertz CT molecular complexity index is 453. The third-order valence-corrected chi connectivity index (χ3v) is 3.02. The topological polar surface area (TPSA) is 45.0 Å². The van der Waals surface area contributed by atoms with Crippen molar-refractivity contribution in [1.82, 2.24) is 5.32 Å². The highest BCUT2D eigenvalue weighted by Crippen LogP contribution is 2.33. The Morgan fingerprint density at radius 2 is 2.18 bits per heavy atom. The summed E-state index contributed by atoms with van der Waals surface area (Å²) in [6.07, 6.45) is 2.42. The van der Waals surface area contributed by atoms with Crippen LogP contribution in [-0.2, 0) is 6.54 Å². The van der Waals surface area contributed by atoms with Crippen LogP contribution in [0, 0.1) is 11.3 Å². The predicted molar refractivity (Wildman–Crippen MR) is 67.4 cm³/mol. The second-order valence-corrected chi connectivity index (χ2v) is 4.82. The molecular formula is C12H12Cl2N2O. The average Bonchev–Trinajstić information content (AvgIpc) is 3.08. The molecule has 17 heavy (non-hydrogen) atoms. The molecule has 90 valence electrons. The van der Waals surface area contributed by atoms with Gasteiger partial charge in [-0.2, -0.15) is 5.26 Å². The molecule has 3 nitrogen and oxygen atoms in total. The molecule has 0 amide bonds. The summed E-state index contributed by atoms with van der Waals surface area (Å²) < 4.78 is 5.33. The number of hydrogen-bond donors (Lipinski definition) is 1. The van der Waals surface area contributed by atoms with Crippen molar-refractivity contribution in [2.75, 3.05) is 6.61 Å². The highest BCUT2D eigenvalue weighted by Gasteiger charge is 2.21. The van der Waals surface area contributed by atoms with Crippen molar-refractivity contribution in [2.24, 2.45) is 0 Å². The first-order valence-electron chi connectivity index (χ1n) is 5.41. The van der Waals surface area contributed by atoms with Crippen molar-refractivity contribution < 1.29 is 4.74 Å². The number of nitrogens with one attached hydrogen (secondary N) is 1. The van der Waals surface area contributed by atoms with Gasteiger partial charge in [-0.15, -0.1) is 0 Å². The number of halogens is 2. The van der Waals surface area contributed by atoms with Crippen LogP contribution < -0.4 is 10.1 Å². The summed E-state index contributed by atoms with van der Waals surface area (Å²) in [6, 6.07) is 5.96. The van der Waals surface area contributed by atoms with Crippen LogP contribution in [0.5, 0.6) is 5.75 Å². The maximum Gasteiger partial charge on any atom is 0.174 e. The van der Waals surface area contributed by atoms with Crippen molar-refractivity contribution in [3.8, 4) is 11.8 Å². The number of ether oxygens (including phenoxy) is 1. The fourth-order valence-corrected chi connectivity index (χ4v) is 2.14. The third-order valence-electron chi connectivity index (χ3n) is 2.52. The van der Waals surface area contributed by atoms with Crippen LogP contribution in [0.15, 0.2) is 12.1 Å². The molecule has 1 N–H and O–H groups in total. The van der Waals surface area contributed by atoms with Crippen molar-refractivity contribution >= 4 is 23.2 Å². The van der Waals surface area contributed by atoms with E-state index in [2.05, 4.69) is 5.32 Å². The van der Waals surface area contributed by atoms with Crippen LogP contribution in [0.4, 0.5) is 0 Å². The van der Waals surface area contributed by atoms with Gasteiger partial charge in [0.25, 0.3) is 0 Å². The van der Waals surface area contributed by atoms with E-state index in [1.165, 1.54) is 12.8 Å². The Labute approximate surface area is 110 Å². The summed E-state index contributed by atoms with van der Waals surface area (Å²) in [4.78, 5) is 0. The minimum Gasteiger partial charge on any atom is -0.477 e. The van der Waals surface area contributed by atoms with Gasteiger partial charge in [-0.05, 0) is 25.0 Å². The van der Waals surface area contributed by atoms with Crippen molar-refractivity contribution in [3.05, 3.63) is 27.7 Å². The molecule has 0 radical (unpaired) electrons. The standard InChI is InChI=1S/C12H12Cl2N2O/c13-9-5-8(7-16-10-1-2-10)12(11(14)6-9)17-4-3-15/h5-6,10,16H,1-2,4,7H2. The lowest BCUT2D eigenvalue weighted by molar-refractivity contribution is 0.363. The van der Waals surface area contributed by atoms with Crippen LogP contribution in [0.3, 0.4) is 0 Å². The molecule has 5 heteroatoms. The lowest BCUT2D eigenvalue weighted by atomic mass is 10.2. The molecular weight excluding hydrogens is 259 g/mol. The maximum absolute atomic E-state index is 8.53. The number of nitriles is 1. The van der Waals surface area contributed by atoms with Crippen molar-refractivity contribution in [1.29, 1.82) is 5.26 Å². The SMILES string of the molecule is N#CCOc1c(Cl)cc(Cl)cc1CNC1CC1. The largest absolute Gasteiger partial charge is 0.477 e. The summed E-state index contributed by atoms with van der Waals surface area (Å²) in [5, 5.41) is 12.9. The van der Waals surface area contributed by atoms with Crippen LogP contribution in [0.25, 0.3) is 0 Å². The predicted octanol–water partition coefficient (Wildman–Crippen LogP) is 3.15. The molecule has 1 fully saturated rings. The Morgan fingerprint density at radius 3 is 2.82 bits per heavy atom. The molecule has 2 rings (SSSR count). The Hall–Kier alpha value is -0.950. The summed E-state index contributed by atoms with van der Waals surface area (Å²) in [6.45, 7) is 0.642. The minimum absolute atomic E-state index is 0.0161. The zero-order chi connectivity index (χ0) is 12.3. The molecule has 1 aliphatic carbocycles. The second-order valence-electron chi connectivity index (χ2n) is 3.98. The first-order valence-corrected chi connectivity index (χ1v) is 6.17. The summed E-state index contributed by atoms with van der Waals surface area (Å²) in [5.41, 5.74) is 0.893. The highest BCUT2D eigenvalue weighted by molar-refractivity contribution is 6.35. The molecule has 1 aromatic rings. The van der Waals surface area contributed by atoms with Gasteiger partial charge in [0.15, 0.2) is 6.61 Å². The molecule has 1 aliphatic rings. The van der Waals surface area contributed by atoms with Gasteiger partial charge >= 0.3 is 0 Å². The van der Waals surface area contributed by atoms with E-state index in [-0.39, 0.29) is 6.61 Å². The Morgan fingerprint density at radius 1 is 1.41 bits per heavy atom. The maximum atomic E-state index is 8.53. The third kappa shape index (κ3) is 3.50. The molecule has 1 saturated carbocycles. The van der Waals surface area contributed by atoms with E-state index >= 15 is 0 Å². The van der Waals surface area contributed by atoms with Crippen LogP contribution >= 0.6 is 23.2 Å². The van der Waals surface area contributed by atoms with E-state index < -0.39 is 0 Å². The van der Waals surface area contributed by atoms with Gasteiger partial charge in [-0.3, -0.25) is 0 Å². The highest BCUT2D eigenvalue weighted by atomic mass is 35.5. The number of nitrogens with zero attached hydrogens (tertiary/aromatic N) is 1. The van der Waals surface area contributed by atoms with Gasteiger partial charge in [0.1, 0.15) is 11.8 Å². The van der Waals surface area contributed by atoms with Crippen LogP contribution in [-0.4, -0.2) is 12.6 Å². The van der Waals surface area contributed by atoms with Gasteiger partial charge in [0.05, 0.1) is 5.02 Å². The van der Waals surface area contributed by atoms with E-state index in [1.807, 2.05) is 12.1 Å². The number of benzene rings is 1. The van der Waals surface area contributed by atoms with E-state index in [0.29, 0.717) is 28.4 Å². The average molecular weight is 271 g/mol. The zero-order valence-electron chi connectivity index (χ0n) is 9.17. The van der Waals surface area contributed by atoms with Crippen LogP contribution in [0.1, 0.15) is 18.4 Å². The molecule has 1 aromatic carbocycles. The summed E-state index contributed by atoms with van der Waals surface area (Å²) in [7, 11) is 0. The molecule has 0 saturated heterocycles. The van der Waals surface area contributed by atoms with Gasteiger partial charge in [0.2, 0.25) is 0 Å². The van der Waals surface area contributed by atoms with Gasteiger partial charge in [0, 0.05) is 23.2 Å². The summed E-state index contributed by atoms with van der Waals surface area (Å²) in [5.74, 6) is 0.547. The molecule has 0 bridgehead atoms. The molecule has 0 heterocycles. The normalized spacial score (nSPS) is 14.4. The quantitative estimate of drug-likeness (QED) is 0.894. The van der Waals surface area contributed by atoms with Gasteiger partial charge < -0.3 is 10.1 Å². The molecule has 0 atom stereocenters. The van der Waals surface area contributed by atoms with E-state index in [1.54, 1.807) is 6.07 Å². The number of hydrogen-bond acceptors (Lipinski definition) is 3. The van der Waals surface area contributed by atoms with Gasteiger partial charge in [-0.25, -0.2) is 0 Å². The lowest BCUT2D eigenvalue weighted by Gasteiger charge is -2.12. The van der Waals surface area contributed by atoms with E-state index in [4.69, 9.17) is 33.2 Å². The molecule has 0 spiro atoms. The zero-order valence-corrected chi connectivity index (χ0v) is 10.7. The summed E-state index contributed by atoms with van der Waals surface area (Å²) >= 11 is 12.0. The van der Waals surface area contributed by atoms with E-state index in [9.17, 15) is 0 Å². The monoisotopic (exact) mass is 270 g/mol. The lowest BCUT2D eigenvalue weighted by Crippen LogP contribution is -2.16. The molecule has 0 aromatic heterocycles. The fraction of sp³-hybridized carbons (Fsp3) is 0.417. The molecule has 0 unspecified atom stereocenters. The van der Waals surface area contributed by atoms with Crippen molar-refractivity contribution in [2.45, 2.75) is 25.4 Å². The molecule has 0 aliphatic heterocycles. The fourth-order valence-electron chi connectivity index (χ4n) is 1.55. The first-order chi connectivity index (χ1) is 8.20. The second kappa shape index (κ2) is 5.59. The Kier molecular flexibility index (Phi) is 4.11. The van der Waals surface area contributed by atoms with Crippen molar-refractivity contribution in [3.63, 3.8) is 0 Å². The first kappa shape index (κ1) is 12.5. The van der Waals surface area contributed by atoms with Crippen LogP contribution in [0.2, 0.25) is 10.0 Å².